The van der Waals surface area contributed by atoms with Crippen LogP contribution < -0.4 is 4.74 Å². The van der Waals surface area contributed by atoms with E-state index in [4.69, 9.17) is 16.3 Å². The van der Waals surface area contributed by atoms with Gasteiger partial charge in [0.1, 0.15) is 5.75 Å². The number of benzene rings is 2. The Morgan fingerprint density at radius 2 is 1.76 bits per heavy atom. The third kappa shape index (κ3) is 3.98. The molecule has 0 saturated heterocycles. The maximum absolute atomic E-state index is 12.6. The fourth-order valence-electron chi connectivity index (χ4n) is 1.68. The normalized spacial score (nSPS) is 12.8. The smallest absolute Gasteiger partial charge is 0.416 e. The summed E-state index contributed by atoms with van der Waals surface area (Å²) in [6, 6.07) is 10.5. The minimum atomic E-state index is -4.47. The van der Waals surface area contributed by atoms with Crippen LogP contribution in [0.3, 0.4) is 0 Å². The van der Waals surface area contributed by atoms with Gasteiger partial charge in [-0.25, -0.2) is 0 Å². The molecular formula is C15H9ClF3O2. The first-order valence-electron chi connectivity index (χ1n) is 5.87. The summed E-state index contributed by atoms with van der Waals surface area (Å²) in [5.74, 6) is -0.0619. The van der Waals surface area contributed by atoms with Crippen LogP contribution in [0, 0.1) is 0 Å². The highest BCUT2D eigenvalue weighted by atomic mass is 35.5. The molecule has 1 radical (unpaired) electrons. The van der Waals surface area contributed by atoms with Crippen LogP contribution in [0.15, 0.2) is 48.5 Å². The minimum absolute atomic E-state index is 0.0619. The van der Waals surface area contributed by atoms with Crippen molar-refractivity contribution in [3.05, 3.63) is 64.7 Å². The van der Waals surface area contributed by atoms with Crippen molar-refractivity contribution in [1.82, 2.24) is 0 Å². The van der Waals surface area contributed by atoms with Crippen molar-refractivity contribution in [3.63, 3.8) is 0 Å². The first kappa shape index (κ1) is 15.4. The summed E-state index contributed by atoms with van der Waals surface area (Å²) in [5.41, 5.74) is -0.396. The van der Waals surface area contributed by atoms with E-state index in [1.807, 2.05) is 0 Å². The quantitative estimate of drug-likeness (QED) is 0.825. The molecular weight excluding hydrogens is 305 g/mol. The number of ether oxygens (including phenoxy) is 1. The zero-order chi connectivity index (χ0) is 15.5. The third-order valence-electron chi connectivity index (χ3n) is 2.70. The summed E-state index contributed by atoms with van der Waals surface area (Å²) >= 11 is 5.73. The molecule has 1 atom stereocenters. The molecule has 0 saturated carbocycles. The van der Waals surface area contributed by atoms with Gasteiger partial charge in [-0.1, -0.05) is 29.8 Å². The minimum Gasteiger partial charge on any atom is -0.477 e. The standard InChI is InChI=1S/C15H9ClF3O2/c16-12-6-4-10(5-7-12)14(9-20)21-13-3-1-2-11(8-13)15(17,18)19/h1-8,14H. The van der Waals surface area contributed by atoms with E-state index in [2.05, 4.69) is 0 Å². The summed E-state index contributed by atoms with van der Waals surface area (Å²) in [5, 5.41) is 0.475. The lowest BCUT2D eigenvalue weighted by Crippen LogP contribution is -2.10. The second kappa shape index (κ2) is 6.18. The zero-order valence-electron chi connectivity index (χ0n) is 10.5. The Bertz CT molecular complexity index is 624. The van der Waals surface area contributed by atoms with Crippen molar-refractivity contribution in [2.75, 3.05) is 0 Å². The Morgan fingerprint density at radius 1 is 1.10 bits per heavy atom. The lowest BCUT2D eigenvalue weighted by molar-refractivity contribution is -0.137. The Labute approximate surface area is 124 Å². The van der Waals surface area contributed by atoms with E-state index in [9.17, 15) is 18.0 Å². The van der Waals surface area contributed by atoms with Gasteiger partial charge >= 0.3 is 6.18 Å². The summed E-state index contributed by atoms with van der Waals surface area (Å²) in [7, 11) is 0. The van der Waals surface area contributed by atoms with E-state index < -0.39 is 17.8 Å². The molecule has 2 rings (SSSR count). The number of alkyl halides is 3. The van der Waals surface area contributed by atoms with Crippen molar-refractivity contribution < 1.29 is 22.7 Å². The van der Waals surface area contributed by atoms with Crippen LogP contribution in [0.2, 0.25) is 5.02 Å². The van der Waals surface area contributed by atoms with Crippen molar-refractivity contribution in [2.24, 2.45) is 0 Å². The number of halogens is 4. The van der Waals surface area contributed by atoms with Crippen LogP contribution in [-0.2, 0) is 11.0 Å². The van der Waals surface area contributed by atoms with Crippen molar-refractivity contribution in [2.45, 2.75) is 12.3 Å². The van der Waals surface area contributed by atoms with Gasteiger partial charge in [-0.3, -0.25) is 4.79 Å². The highest BCUT2D eigenvalue weighted by Crippen LogP contribution is 2.32. The fraction of sp³-hybridized carbons (Fsp3) is 0.133. The van der Waals surface area contributed by atoms with Gasteiger partial charge in [0.05, 0.1) is 5.56 Å². The molecule has 21 heavy (non-hydrogen) atoms. The number of hydrogen-bond acceptors (Lipinski definition) is 2. The SMILES string of the molecule is O=[C]C(Oc1cccc(C(F)(F)F)c1)c1ccc(Cl)cc1. The van der Waals surface area contributed by atoms with Crippen molar-refractivity contribution in [3.8, 4) is 5.75 Å². The average Bonchev–Trinajstić information content (AvgIpc) is 2.45. The first-order valence-corrected chi connectivity index (χ1v) is 6.25. The molecule has 1 unspecified atom stereocenters. The molecule has 0 aliphatic carbocycles. The van der Waals surface area contributed by atoms with Crippen LogP contribution >= 0.6 is 11.6 Å². The molecule has 6 heteroatoms. The number of carbonyl (C=O) groups excluding carboxylic acids is 1. The van der Waals surface area contributed by atoms with Gasteiger partial charge in [0, 0.05) is 10.6 Å². The molecule has 0 heterocycles. The maximum atomic E-state index is 12.6. The molecule has 0 aromatic heterocycles. The molecule has 0 N–H and O–H groups in total. The summed E-state index contributed by atoms with van der Waals surface area (Å²) in [4.78, 5) is 11.0. The average molecular weight is 314 g/mol. The largest absolute Gasteiger partial charge is 0.477 e. The second-order valence-corrected chi connectivity index (χ2v) is 4.63. The predicted molar refractivity (Wildman–Crippen MR) is 72.0 cm³/mol. The molecule has 0 bridgehead atoms. The number of rotatable bonds is 4. The number of hydrogen-bond donors (Lipinski definition) is 0. The van der Waals surface area contributed by atoms with Crippen LogP contribution in [0.1, 0.15) is 17.2 Å². The topological polar surface area (TPSA) is 26.3 Å². The molecule has 0 aliphatic heterocycles. The Kier molecular flexibility index (Phi) is 4.53. The van der Waals surface area contributed by atoms with Crippen molar-refractivity contribution in [1.29, 1.82) is 0 Å². The highest BCUT2D eigenvalue weighted by molar-refractivity contribution is 6.30. The highest BCUT2D eigenvalue weighted by Gasteiger charge is 2.30. The molecule has 0 spiro atoms. The van der Waals surface area contributed by atoms with E-state index in [1.165, 1.54) is 12.1 Å². The Balaban J connectivity index is 2.23. The predicted octanol–water partition coefficient (Wildman–Crippen LogP) is 4.59. The molecule has 0 amide bonds. The Hall–Kier alpha value is -2.01. The molecule has 0 fully saturated rings. The van der Waals surface area contributed by atoms with Gasteiger partial charge in [-0.2, -0.15) is 13.2 Å². The lowest BCUT2D eigenvalue weighted by Gasteiger charge is -2.15. The first-order chi connectivity index (χ1) is 9.90. The second-order valence-electron chi connectivity index (χ2n) is 4.19. The summed E-state index contributed by atoms with van der Waals surface area (Å²) in [6.45, 7) is 0. The van der Waals surface area contributed by atoms with Crippen LogP contribution in [0.25, 0.3) is 0 Å². The van der Waals surface area contributed by atoms with Gasteiger partial charge in [0.15, 0.2) is 6.10 Å². The third-order valence-corrected chi connectivity index (χ3v) is 2.95. The van der Waals surface area contributed by atoms with Gasteiger partial charge in [-0.15, -0.1) is 0 Å². The van der Waals surface area contributed by atoms with Crippen LogP contribution in [-0.4, -0.2) is 6.29 Å². The lowest BCUT2D eigenvalue weighted by atomic mass is 10.1. The molecule has 2 aromatic carbocycles. The van der Waals surface area contributed by atoms with E-state index in [0.29, 0.717) is 10.6 Å². The van der Waals surface area contributed by atoms with Gasteiger partial charge in [-0.05, 0) is 30.3 Å². The molecule has 2 nitrogen and oxygen atoms in total. The molecule has 109 valence electrons. The van der Waals surface area contributed by atoms with E-state index >= 15 is 0 Å². The monoisotopic (exact) mass is 313 g/mol. The summed E-state index contributed by atoms with van der Waals surface area (Å²) < 4.78 is 43.1. The van der Waals surface area contributed by atoms with Crippen molar-refractivity contribution >= 4 is 17.9 Å². The van der Waals surface area contributed by atoms with Crippen LogP contribution in [0.5, 0.6) is 5.75 Å². The Morgan fingerprint density at radius 3 is 2.33 bits per heavy atom. The van der Waals surface area contributed by atoms with Gasteiger partial charge in [0.25, 0.3) is 0 Å². The fourth-order valence-corrected chi connectivity index (χ4v) is 1.81. The maximum Gasteiger partial charge on any atom is 0.416 e. The molecule has 2 aromatic rings. The molecule has 0 aliphatic rings. The van der Waals surface area contributed by atoms with Gasteiger partial charge in [0.2, 0.25) is 6.29 Å². The van der Waals surface area contributed by atoms with E-state index in [1.54, 1.807) is 30.6 Å². The van der Waals surface area contributed by atoms with Gasteiger partial charge < -0.3 is 4.74 Å². The van der Waals surface area contributed by atoms with E-state index in [0.717, 1.165) is 12.1 Å². The summed E-state index contributed by atoms with van der Waals surface area (Å²) in [6.07, 6.45) is -3.94. The van der Waals surface area contributed by atoms with E-state index in [-0.39, 0.29) is 5.75 Å². The zero-order valence-corrected chi connectivity index (χ0v) is 11.3. The van der Waals surface area contributed by atoms with Crippen LogP contribution in [0.4, 0.5) is 13.2 Å².